The lowest BCUT2D eigenvalue weighted by Gasteiger charge is -2.20. The average Bonchev–Trinajstić information content (AvgIpc) is 3.09. The van der Waals surface area contributed by atoms with Gasteiger partial charge in [0.15, 0.2) is 5.82 Å². The van der Waals surface area contributed by atoms with Crippen LogP contribution in [0, 0.1) is 6.92 Å². The van der Waals surface area contributed by atoms with Gasteiger partial charge in [-0.2, -0.15) is 4.98 Å². The molecule has 0 bridgehead atoms. The van der Waals surface area contributed by atoms with E-state index in [4.69, 9.17) is 0 Å². The van der Waals surface area contributed by atoms with E-state index in [2.05, 4.69) is 30.8 Å². The SMILES string of the molecule is Cc1cccc(-c2nc(NC(=O)c3ccc(C(=O)NC(C)(C)C)cc3)n[nH]2)n1. The highest BCUT2D eigenvalue weighted by Crippen LogP contribution is 2.14. The summed E-state index contributed by atoms with van der Waals surface area (Å²) in [6.45, 7) is 7.60. The predicted molar refractivity (Wildman–Crippen MR) is 106 cm³/mol. The molecule has 0 fully saturated rings. The molecule has 0 unspecified atom stereocenters. The minimum atomic E-state index is -0.370. The van der Waals surface area contributed by atoms with E-state index >= 15 is 0 Å². The Bertz CT molecular complexity index is 1000. The summed E-state index contributed by atoms with van der Waals surface area (Å²) >= 11 is 0. The number of aryl methyl sites for hydroxylation is 1. The molecule has 3 N–H and O–H groups in total. The molecule has 2 amide bonds. The third-order valence-electron chi connectivity index (χ3n) is 3.74. The van der Waals surface area contributed by atoms with Crippen LogP contribution in [0.3, 0.4) is 0 Å². The number of pyridine rings is 1. The fraction of sp³-hybridized carbons (Fsp3) is 0.250. The van der Waals surface area contributed by atoms with Gasteiger partial charge < -0.3 is 5.32 Å². The number of hydrogen-bond acceptors (Lipinski definition) is 5. The maximum atomic E-state index is 12.4. The lowest BCUT2D eigenvalue weighted by molar-refractivity contribution is 0.0918. The van der Waals surface area contributed by atoms with Crippen LogP contribution < -0.4 is 10.6 Å². The van der Waals surface area contributed by atoms with Crippen LogP contribution in [0.2, 0.25) is 0 Å². The Morgan fingerprint density at radius 1 is 0.929 bits per heavy atom. The van der Waals surface area contributed by atoms with Crippen molar-refractivity contribution in [3.05, 3.63) is 59.3 Å². The van der Waals surface area contributed by atoms with Crippen molar-refractivity contribution in [2.45, 2.75) is 33.2 Å². The van der Waals surface area contributed by atoms with Gasteiger partial charge in [0.05, 0.1) is 0 Å². The van der Waals surface area contributed by atoms with Crippen LogP contribution in [0.4, 0.5) is 5.95 Å². The molecule has 28 heavy (non-hydrogen) atoms. The number of amides is 2. The van der Waals surface area contributed by atoms with Gasteiger partial charge in [-0.3, -0.25) is 20.0 Å². The van der Waals surface area contributed by atoms with Crippen LogP contribution in [0.1, 0.15) is 47.2 Å². The Morgan fingerprint density at radius 2 is 1.57 bits per heavy atom. The molecule has 2 heterocycles. The molecular formula is C20H22N6O2. The molecule has 144 valence electrons. The Balaban J connectivity index is 1.68. The number of carbonyl (C=O) groups is 2. The summed E-state index contributed by atoms with van der Waals surface area (Å²) in [6, 6.07) is 11.9. The third kappa shape index (κ3) is 4.79. The van der Waals surface area contributed by atoms with Gasteiger partial charge in [0.25, 0.3) is 11.8 Å². The quantitative estimate of drug-likeness (QED) is 0.646. The van der Waals surface area contributed by atoms with E-state index < -0.39 is 0 Å². The normalized spacial score (nSPS) is 11.1. The molecule has 0 spiro atoms. The van der Waals surface area contributed by atoms with Gasteiger partial charge in [0, 0.05) is 22.4 Å². The standard InChI is InChI=1S/C20H22N6O2/c1-12-6-5-7-15(21-12)16-22-19(26-25-16)23-17(27)13-8-10-14(11-9-13)18(28)24-20(2,3)4/h5-11H,1-4H3,(H,24,28)(H2,22,23,25,26,27). The minimum absolute atomic E-state index is 0.151. The van der Waals surface area contributed by atoms with E-state index in [9.17, 15) is 9.59 Å². The second kappa shape index (κ2) is 7.59. The van der Waals surface area contributed by atoms with Crippen molar-refractivity contribution in [1.29, 1.82) is 0 Å². The van der Waals surface area contributed by atoms with Crippen LogP contribution in [0.15, 0.2) is 42.5 Å². The summed E-state index contributed by atoms with van der Waals surface area (Å²) in [5.41, 5.74) is 2.05. The molecule has 0 aliphatic carbocycles. The molecule has 3 aromatic rings. The summed E-state index contributed by atoms with van der Waals surface area (Å²) in [6.07, 6.45) is 0. The van der Waals surface area contributed by atoms with Gasteiger partial charge in [-0.25, -0.2) is 4.98 Å². The molecule has 0 atom stereocenters. The number of nitrogens with zero attached hydrogens (tertiary/aromatic N) is 3. The molecule has 0 aliphatic heterocycles. The summed E-state index contributed by atoms with van der Waals surface area (Å²) in [5.74, 6) is 0.0558. The monoisotopic (exact) mass is 378 g/mol. The van der Waals surface area contributed by atoms with Crippen LogP contribution in [0.5, 0.6) is 0 Å². The number of carbonyl (C=O) groups excluding carboxylic acids is 2. The number of rotatable bonds is 4. The second-order valence-corrected chi connectivity index (χ2v) is 7.41. The van der Waals surface area contributed by atoms with Crippen molar-refractivity contribution >= 4 is 17.8 Å². The number of H-pyrrole nitrogens is 1. The van der Waals surface area contributed by atoms with Crippen molar-refractivity contribution in [2.75, 3.05) is 5.32 Å². The predicted octanol–water partition coefficient (Wildman–Crippen LogP) is 2.96. The van der Waals surface area contributed by atoms with Gasteiger partial charge in [-0.1, -0.05) is 6.07 Å². The Hall–Kier alpha value is -3.55. The van der Waals surface area contributed by atoms with E-state index in [1.807, 2.05) is 39.8 Å². The summed E-state index contributed by atoms with van der Waals surface area (Å²) in [5, 5.41) is 12.3. The van der Waals surface area contributed by atoms with Crippen molar-refractivity contribution in [1.82, 2.24) is 25.5 Å². The first kappa shape index (κ1) is 19.2. The number of aromatic amines is 1. The molecule has 1 aromatic carbocycles. The number of aromatic nitrogens is 4. The van der Waals surface area contributed by atoms with Gasteiger partial charge in [0.2, 0.25) is 5.95 Å². The van der Waals surface area contributed by atoms with Gasteiger partial charge in [0.1, 0.15) is 5.69 Å². The molecule has 8 nitrogen and oxygen atoms in total. The highest BCUT2D eigenvalue weighted by atomic mass is 16.2. The summed E-state index contributed by atoms with van der Waals surface area (Å²) in [7, 11) is 0. The summed E-state index contributed by atoms with van der Waals surface area (Å²) < 4.78 is 0. The lowest BCUT2D eigenvalue weighted by Crippen LogP contribution is -2.40. The number of hydrogen-bond donors (Lipinski definition) is 3. The maximum absolute atomic E-state index is 12.4. The molecule has 3 rings (SSSR count). The van der Waals surface area contributed by atoms with E-state index in [1.165, 1.54) is 0 Å². The zero-order chi connectivity index (χ0) is 20.3. The van der Waals surface area contributed by atoms with Crippen molar-refractivity contribution in [2.24, 2.45) is 0 Å². The first-order valence-electron chi connectivity index (χ1n) is 8.82. The molecule has 2 aromatic heterocycles. The zero-order valence-corrected chi connectivity index (χ0v) is 16.2. The van der Waals surface area contributed by atoms with Crippen LogP contribution in [0.25, 0.3) is 11.5 Å². The molecule has 0 saturated carbocycles. The maximum Gasteiger partial charge on any atom is 0.258 e. The van der Waals surface area contributed by atoms with Crippen LogP contribution in [-0.4, -0.2) is 37.5 Å². The number of nitrogens with one attached hydrogen (secondary N) is 3. The van der Waals surface area contributed by atoms with Crippen molar-refractivity contribution < 1.29 is 9.59 Å². The Labute approximate surface area is 162 Å². The average molecular weight is 378 g/mol. The minimum Gasteiger partial charge on any atom is -0.347 e. The Morgan fingerprint density at radius 3 is 2.18 bits per heavy atom. The molecular weight excluding hydrogens is 356 g/mol. The second-order valence-electron chi connectivity index (χ2n) is 7.41. The van der Waals surface area contributed by atoms with E-state index in [1.54, 1.807) is 30.3 Å². The highest BCUT2D eigenvalue weighted by Gasteiger charge is 2.16. The topological polar surface area (TPSA) is 113 Å². The fourth-order valence-corrected chi connectivity index (χ4v) is 2.47. The largest absolute Gasteiger partial charge is 0.347 e. The van der Waals surface area contributed by atoms with Crippen LogP contribution >= 0.6 is 0 Å². The Kier molecular flexibility index (Phi) is 5.21. The van der Waals surface area contributed by atoms with Gasteiger partial charge in [-0.15, -0.1) is 5.10 Å². The molecule has 0 saturated heterocycles. The highest BCUT2D eigenvalue weighted by molar-refractivity contribution is 6.04. The van der Waals surface area contributed by atoms with Crippen LogP contribution in [-0.2, 0) is 0 Å². The van der Waals surface area contributed by atoms with Gasteiger partial charge in [-0.05, 0) is 64.1 Å². The first-order valence-corrected chi connectivity index (χ1v) is 8.82. The van der Waals surface area contributed by atoms with E-state index in [-0.39, 0.29) is 23.3 Å². The zero-order valence-electron chi connectivity index (χ0n) is 16.2. The molecule has 0 aliphatic rings. The van der Waals surface area contributed by atoms with Gasteiger partial charge >= 0.3 is 0 Å². The van der Waals surface area contributed by atoms with E-state index in [0.717, 1.165) is 5.69 Å². The van der Waals surface area contributed by atoms with E-state index in [0.29, 0.717) is 22.6 Å². The number of benzene rings is 1. The summed E-state index contributed by atoms with van der Waals surface area (Å²) in [4.78, 5) is 33.2. The molecule has 0 radical (unpaired) electrons. The van der Waals surface area contributed by atoms with Crippen molar-refractivity contribution in [3.8, 4) is 11.5 Å². The third-order valence-corrected chi connectivity index (χ3v) is 3.74. The smallest absolute Gasteiger partial charge is 0.258 e. The number of anilines is 1. The van der Waals surface area contributed by atoms with Crippen molar-refractivity contribution in [3.63, 3.8) is 0 Å². The first-order chi connectivity index (χ1) is 13.2. The fourth-order valence-electron chi connectivity index (χ4n) is 2.47. The lowest BCUT2D eigenvalue weighted by atomic mass is 10.1. The molecule has 8 heteroatoms.